The number of aliphatic hydroxyl groups excluding tert-OH is 3. The van der Waals surface area contributed by atoms with Gasteiger partial charge < -0.3 is 20.1 Å². The molecule has 0 amide bonds. The molecular formula is C13H14N2O4. The standard InChI is InChI=1S/C13H14N2O4/c16-6-10-11(17)12(18)13(19-10)9-5-14-7-3-1-2-4-8(7)15-9/h1-5,10-13,16-18H,6H2/t10-,11-,12-,13+/m1/s1. The Hall–Kier alpha value is -1.60. The molecule has 1 aromatic heterocycles. The highest BCUT2D eigenvalue weighted by atomic mass is 16.6. The number of nitrogens with zero attached hydrogens (tertiary/aromatic N) is 2. The molecule has 0 saturated carbocycles. The van der Waals surface area contributed by atoms with Crippen LogP contribution in [0, 0.1) is 0 Å². The van der Waals surface area contributed by atoms with Gasteiger partial charge in [0.05, 0.1) is 29.5 Å². The van der Waals surface area contributed by atoms with E-state index in [1.807, 2.05) is 24.3 Å². The van der Waals surface area contributed by atoms with Crippen molar-refractivity contribution in [1.82, 2.24) is 9.97 Å². The molecule has 1 fully saturated rings. The third kappa shape index (κ3) is 2.08. The highest BCUT2D eigenvalue weighted by molar-refractivity contribution is 5.73. The Kier molecular flexibility index (Phi) is 3.16. The third-order valence-electron chi connectivity index (χ3n) is 3.30. The SMILES string of the molecule is OC[C@H]1O[C@@H](c2cnc3ccccc3n2)[C@H](O)[C@@H]1O. The van der Waals surface area contributed by atoms with Crippen LogP contribution in [0.15, 0.2) is 30.5 Å². The average molecular weight is 262 g/mol. The number of ether oxygens (including phenoxy) is 1. The number of aromatic nitrogens is 2. The zero-order chi connectivity index (χ0) is 13.4. The molecule has 0 bridgehead atoms. The van der Waals surface area contributed by atoms with Crippen LogP contribution in [0.3, 0.4) is 0 Å². The molecule has 3 rings (SSSR count). The molecule has 1 saturated heterocycles. The topological polar surface area (TPSA) is 95.7 Å². The fourth-order valence-corrected chi connectivity index (χ4v) is 2.25. The molecule has 2 heterocycles. The molecule has 0 unspecified atom stereocenters. The van der Waals surface area contributed by atoms with E-state index >= 15 is 0 Å². The first-order chi connectivity index (χ1) is 9.20. The molecular weight excluding hydrogens is 248 g/mol. The molecule has 2 aromatic rings. The van der Waals surface area contributed by atoms with E-state index in [9.17, 15) is 10.2 Å². The van der Waals surface area contributed by atoms with Gasteiger partial charge in [0.2, 0.25) is 0 Å². The monoisotopic (exact) mass is 262 g/mol. The molecule has 1 aromatic carbocycles. The van der Waals surface area contributed by atoms with Crippen molar-refractivity contribution in [3.05, 3.63) is 36.2 Å². The molecule has 0 aliphatic carbocycles. The van der Waals surface area contributed by atoms with Gasteiger partial charge in [0.15, 0.2) is 0 Å². The first-order valence-corrected chi connectivity index (χ1v) is 6.05. The third-order valence-corrected chi connectivity index (χ3v) is 3.30. The lowest BCUT2D eigenvalue weighted by molar-refractivity contribution is -0.0239. The predicted molar refractivity (Wildman–Crippen MR) is 66.3 cm³/mol. The van der Waals surface area contributed by atoms with E-state index in [0.717, 1.165) is 5.52 Å². The fraction of sp³-hybridized carbons (Fsp3) is 0.385. The van der Waals surface area contributed by atoms with Crippen LogP contribution in [0.1, 0.15) is 11.8 Å². The summed E-state index contributed by atoms with van der Waals surface area (Å²) in [6, 6.07) is 7.36. The van der Waals surface area contributed by atoms with Crippen molar-refractivity contribution in [2.24, 2.45) is 0 Å². The van der Waals surface area contributed by atoms with E-state index in [1.54, 1.807) is 0 Å². The van der Waals surface area contributed by atoms with Gasteiger partial charge >= 0.3 is 0 Å². The number of rotatable bonds is 2. The summed E-state index contributed by atoms with van der Waals surface area (Å²) in [7, 11) is 0. The predicted octanol–water partition coefficient (Wildman–Crippen LogP) is -0.216. The zero-order valence-corrected chi connectivity index (χ0v) is 10.0. The van der Waals surface area contributed by atoms with Crippen molar-refractivity contribution in [2.75, 3.05) is 6.61 Å². The number of fused-ring (bicyclic) bond motifs is 1. The molecule has 0 spiro atoms. The van der Waals surface area contributed by atoms with Crippen molar-refractivity contribution in [3.8, 4) is 0 Å². The van der Waals surface area contributed by atoms with Crippen LogP contribution in [0.4, 0.5) is 0 Å². The summed E-state index contributed by atoms with van der Waals surface area (Å²) in [5.41, 5.74) is 1.89. The van der Waals surface area contributed by atoms with Gasteiger partial charge in [0, 0.05) is 0 Å². The van der Waals surface area contributed by atoms with Gasteiger partial charge in [-0.05, 0) is 12.1 Å². The molecule has 1 aliphatic heterocycles. The summed E-state index contributed by atoms with van der Waals surface area (Å²) in [6.45, 7) is -0.351. The first kappa shape index (κ1) is 12.4. The van der Waals surface area contributed by atoms with E-state index < -0.39 is 24.4 Å². The van der Waals surface area contributed by atoms with Crippen LogP contribution in [-0.2, 0) is 4.74 Å². The molecule has 4 atom stereocenters. The Morgan fingerprint density at radius 2 is 1.84 bits per heavy atom. The van der Waals surface area contributed by atoms with E-state index in [2.05, 4.69) is 9.97 Å². The van der Waals surface area contributed by atoms with Crippen LogP contribution < -0.4 is 0 Å². The quantitative estimate of drug-likeness (QED) is 0.692. The Bertz CT molecular complexity index is 592. The van der Waals surface area contributed by atoms with Gasteiger partial charge in [0.1, 0.15) is 24.4 Å². The summed E-state index contributed by atoms with van der Waals surface area (Å²) < 4.78 is 5.42. The van der Waals surface area contributed by atoms with Crippen LogP contribution in [0.5, 0.6) is 0 Å². The summed E-state index contributed by atoms with van der Waals surface area (Å²) in [6.07, 6.45) is -2.30. The maximum Gasteiger partial charge on any atom is 0.130 e. The second kappa shape index (κ2) is 4.82. The van der Waals surface area contributed by atoms with Crippen LogP contribution in [-0.4, -0.2) is 50.2 Å². The van der Waals surface area contributed by atoms with Crippen molar-refractivity contribution in [2.45, 2.75) is 24.4 Å². The normalized spacial score (nSPS) is 30.9. The minimum Gasteiger partial charge on any atom is -0.394 e. The molecule has 19 heavy (non-hydrogen) atoms. The maximum atomic E-state index is 9.93. The second-order valence-electron chi connectivity index (χ2n) is 4.54. The number of aliphatic hydroxyl groups is 3. The van der Waals surface area contributed by atoms with Gasteiger partial charge in [-0.2, -0.15) is 0 Å². The first-order valence-electron chi connectivity index (χ1n) is 6.05. The van der Waals surface area contributed by atoms with Gasteiger partial charge in [-0.15, -0.1) is 0 Å². The van der Waals surface area contributed by atoms with E-state index in [0.29, 0.717) is 11.2 Å². The second-order valence-corrected chi connectivity index (χ2v) is 4.54. The van der Waals surface area contributed by atoms with Crippen molar-refractivity contribution >= 4 is 11.0 Å². The maximum absolute atomic E-state index is 9.93. The Balaban J connectivity index is 1.96. The molecule has 100 valence electrons. The smallest absolute Gasteiger partial charge is 0.130 e. The number of benzene rings is 1. The van der Waals surface area contributed by atoms with Gasteiger partial charge in [-0.3, -0.25) is 4.98 Å². The molecule has 0 radical (unpaired) electrons. The Morgan fingerprint density at radius 3 is 2.53 bits per heavy atom. The lowest BCUT2D eigenvalue weighted by atomic mass is 10.1. The number of hydrogen-bond donors (Lipinski definition) is 3. The lowest BCUT2D eigenvalue weighted by Gasteiger charge is -2.13. The summed E-state index contributed by atoms with van der Waals surface area (Å²) in [5.74, 6) is 0. The van der Waals surface area contributed by atoms with Crippen LogP contribution >= 0.6 is 0 Å². The van der Waals surface area contributed by atoms with Crippen molar-refractivity contribution in [3.63, 3.8) is 0 Å². The largest absolute Gasteiger partial charge is 0.394 e. The Labute approximate surface area is 109 Å². The molecule has 6 nitrogen and oxygen atoms in total. The van der Waals surface area contributed by atoms with Crippen LogP contribution in [0.25, 0.3) is 11.0 Å². The van der Waals surface area contributed by atoms with Crippen molar-refractivity contribution in [1.29, 1.82) is 0 Å². The van der Waals surface area contributed by atoms with Gasteiger partial charge in [-0.1, -0.05) is 12.1 Å². The van der Waals surface area contributed by atoms with Gasteiger partial charge in [-0.25, -0.2) is 4.98 Å². The van der Waals surface area contributed by atoms with Crippen LogP contribution in [0.2, 0.25) is 0 Å². The van der Waals surface area contributed by atoms with Gasteiger partial charge in [0.25, 0.3) is 0 Å². The molecule has 1 aliphatic rings. The Morgan fingerprint density at radius 1 is 1.11 bits per heavy atom. The fourth-order valence-electron chi connectivity index (χ4n) is 2.25. The minimum absolute atomic E-state index is 0.351. The number of para-hydroxylation sites is 2. The van der Waals surface area contributed by atoms with E-state index in [1.165, 1.54) is 6.20 Å². The van der Waals surface area contributed by atoms with Crippen molar-refractivity contribution < 1.29 is 20.1 Å². The summed E-state index contributed by atoms with van der Waals surface area (Å²) in [4.78, 5) is 8.61. The van der Waals surface area contributed by atoms with E-state index in [4.69, 9.17) is 9.84 Å². The minimum atomic E-state index is -1.12. The molecule has 3 N–H and O–H groups in total. The summed E-state index contributed by atoms with van der Waals surface area (Å²) in [5, 5.41) is 28.7. The van der Waals surface area contributed by atoms with E-state index in [-0.39, 0.29) is 6.61 Å². The highest BCUT2D eigenvalue weighted by Crippen LogP contribution is 2.32. The summed E-state index contributed by atoms with van der Waals surface area (Å²) >= 11 is 0. The zero-order valence-electron chi connectivity index (χ0n) is 10.0. The number of hydrogen-bond acceptors (Lipinski definition) is 6. The average Bonchev–Trinajstić information content (AvgIpc) is 2.74. The molecule has 6 heteroatoms. The highest BCUT2D eigenvalue weighted by Gasteiger charge is 2.43. The lowest BCUT2D eigenvalue weighted by Crippen LogP contribution is -2.32.